The zero-order chi connectivity index (χ0) is 19.7. The Kier molecular flexibility index (Phi) is 6.93. The Balaban J connectivity index is 0.00000240. The molecule has 0 aromatic heterocycles. The topological polar surface area (TPSA) is 79.4 Å². The fraction of sp³-hybridized carbons (Fsp3) is 0.632. The largest absolute Gasteiger partial charge is 0.454 e. The SMILES string of the molecule is CS(=O)(=O)N1CCCC(C(=O)N2CCN(Cc3ccc4c(c3)OCO4)CC2)C1.Cl. The van der Waals surface area contributed by atoms with Gasteiger partial charge < -0.3 is 14.4 Å². The van der Waals surface area contributed by atoms with Gasteiger partial charge in [-0.3, -0.25) is 9.69 Å². The molecule has 0 aliphatic carbocycles. The number of nitrogens with zero attached hydrogens (tertiary/aromatic N) is 3. The van der Waals surface area contributed by atoms with Gasteiger partial charge in [0.2, 0.25) is 22.7 Å². The molecule has 8 nitrogen and oxygen atoms in total. The quantitative estimate of drug-likeness (QED) is 0.691. The maximum Gasteiger partial charge on any atom is 0.231 e. The van der Waals surface area contributed by atoms with Gasteiger partial charge in [-0.05, 0) is 30.5 Å². The van der Waals surface area contributed by atoms with Crippen molar-refractivity contribution in [2.24, 2.45) is 5.92 Å². The molecule has 0 N–H and O–H groups in total. The highest BCUT2D eigenvalue weighted by Crippen LogP contribution is 2.33. The fourth-order valence-electron chi connectivity index (χ4n) is 4.13. The maximum absolute atomic E-state index is 12.9. The summed E-state index contributed by atoms with van der Waals surface area (Å²) in [5, 5.41) is 0. The van der Waals surface area contributed by atoms with Crippen LogP contribution in [0, 0.1) is 5.92 Å². The van der Waals surface area contributed by atoms with Crippen LogP contribution in [0.2, 0.25) is 0 Å². The number of sulfonamides is 1. The third-order valence-corrected chi connectivity index (χ3v) is 7.00. The van der Waals surface area contributed by atoms with Gasteiger partial charge >= 0.3 is 0 Å². The summed E-state index contributed by atoms with van der Waals surface area (Å²) < 4.78 is 35.8. The molecule has 0 saturated carbocycles. The summed E-state index contributed by atoms with van der Waals surface area (Å²) in [5.74, 6) is 1.45. The number of carbonyl (C=O) groups excluding carboxylic acids is 1. The van der Waals surface area contributed by atoms with Crippen molar-refractivity contribution >= 4 is 28.3 Å². The molecule has 1 amide bonds. The third-order valence-electron chi connectivity index (χ3n) is 5.73. The number of piperidine rings is 1. The Morgan fingerprint density at radius 3 is 2.55 bits per heavy atom. The lowest BCUT2D eigenvalue weighted by atomic mass is 9.97. The van der Waals surface area contributed by atoms with Crippen LogP contribution in [0.25, 0.3) is 0 Å². The lowest BCUT2D eigenvalue weighted by molar-refractivity contribution is -0.138. The van der Waals surface area contributed by atoms with Crippen molar-refractivity contribution in [1.82, 2.24) is 14.1 Å². The summed E-state index contributed by atoms with van der Waals surface area (Å²) in [6.45, 7) is 4.89. The predicted molar refractivity (Wildman–Crippen MR) is 111 cm³/mol. The van der Waals surface area contributed by atoms with Crippen molar-refractivity contribution in [3.8, 4) is 11.5 Å². The molecule has 0 radical (unpaired) electrons. The van der Waals surface area contributed by atoms with E-state index in [1.165, 1.54) is 16.1 Å². The minimum Gasteiger partial charge on any atom is -0.454 e. The number of piperazine rings is 1. The lowest BCUT2D eigenvalue weighted by Gasteiger charge is -2.38. The van der Waals surface area contributed by atoms with Gasteiger partial charge in [-0.25, -0.2) is 12.7 Å². The van der Waals surface area contributed by atoms with E-state index in [1.54, 1.807) is 0 Å². The van der Waals surface area contributed by atoms with Crippen molar-refractivity contribution in [1.29, 1.82) is 0 Å². The smallest absolute Gasteiger partial charge is 0.231 e. The molecule has 1 aromatic rings. The van der Waals surface area contributed by atoms with Gasteiger partial charge in [-0.15, -0.1) is 12.4 Å². The molecule has 2 saturated heterocycles. The maximum atomic E-state index is 12.9. The number of halogens is 1. The van der Waals surface area contributed by atoms with Gasteiger partial charge in [0.1, 0.15) is 0 Å². The van der Waals surface area contributed by atoms with Crippen LogP contribution in [0.1, 0.15) is 18.4 Å². The van der Waals surface area contributed by atoms with Crippen molar-refractivity contribution < 1.29 is 22.7 Å². The molecule has 3 aliphatic heterocycles. The number of rotatable bonds is 4. The number of fused-ring (bicyclic) bond motifs is 1. The van der Waals surface area contributed by atoms with E-state index in [4.69, 9.17) is 9.47 Å². The first-order valence-electron chi connectivity index (χ1n) is 9.75. The Morgan fingerprint density at radius 1 is 1.10 bits per heavy atom. The molecule has 1 unspecified atom stereocenters. The summed E-state index contributed by atoms with van der Waals surface area (Å²) in [5.41, 5.74) is 1.17. The summed E-state index contributed by atoms with van der Waals surface area (Å²) in [6, 6.07) is 6.00. The number of benzene rings is 1. The highest BCUT2D eigenvalue weighted by atomic mass is 35.5. The molecule has 29 heavy (non-hydrogen) atoms. The van der Waals surface area contributed by atoms with Crippen molar-refractivity contribution in [3.63, 3.8) is 0 Å². The molecular formula is C19H28ClN3O5S. The first-order chi connectivity index (χ1) is 13.4. The molecule has 0 spiro atoms. The molecule has 3 aliphatic rings. The minimum atomic E-state index is -3.24. The Bertz CT molecular complexity index is 842. The highest BCUT2D eigenvalue weighted by molar-refractivity contribution is 7.88. The number of carbonyl (C=O) groups is 1. The second-order valence-corrected chi connectivity index (χ2v) is 9.73. The molecule has 4 rings (SSSR count). The van der Waals surface area contributed by atoms with E-state index in [9.17, 15) is 13.2 Å². The van der Waals surface area contributed by atoms with Gasteiger partial charge in [0.05, 0.1) is 12.2 Å². The van der Waals surface area contributed by atoms with E-state index >= 15 is 0 Å². The molecule has 162 valence electrons. The highest BCUT2D eigenvalue weighted by Gasteiger charge is 2.33. The van der Waals surface area contributed by atoms with Crippen LogP contribution in [0.15, 0.2) is 18.2 Å². The van der Waals surface area contributed by atoms with Gasteiger partial charge in [0.25, 0.3) is 0 Å². The molecular weight excluding hydrogens is 418 g/mol. The number of amides is 1. The Hall–Kier alpha value is -1.55. The van der Waals surface area contributed by atoms with Crippen LogP contribution in [0.5, 0.6) is 11.5 Å². The molecule has 3 heterocycles. The average Bonchev–Trinajstić information content (AvgIpc) is 3.15. The number of ether oxygens (including phenoxy) is 2. The molecule has 10 heteroatoms. The van der Waals surface area contributed by atoms with Crippen LogP contribution in [-0.2, 0) is 21.4 Å². The van der Waals surface area contributed by atoms with Crippen molar-refractivity contribution in [3.05, 3.63) is 23.8 Å². The van der Waals surface area contributed by atoms with Gasteiger partial charge in [-0.1, -0.05) is 6.07 Å². The van der Waals surface area contributed by atoms with Crippen molar-refractivity contribution in [2.75, 3.05) is 52.3 Å². The lowest BCUT2D eigenvalue weighted by Crippen LogP contribution is -2.52. The van der Waals surface area contributed by atoms with Gasteiger partial charge in [0.15, 0.2) is 11.5 Å². The zero-order valence-corrected chi connectivity index (χ0v) is 18.2. The van der Waals surface area contributed by atoms with E-state index in [-0.39, 0.29) is 31.0 Å². The minimum absolute atomic E-state index is 0. The summed E-state index contributed by atoms with van der Waals surface area (Å²) in [4.78, 5) is 17.1. The Labute approximate surface area is 178 Å². The third kappa shape index (κ3) is 5.14. The Morgan fingerprint density at radius 2 is 1.83 bits per heavy atom. The predicted octanol–water partition coefficient (Wildman–Crippen LogP) is 1.15. The van der Waals surface area contributed by atoms with Gasteiger partial charge in [-0.2, -0.15) is 0 Å². The fourth-order valence-corrected chi connectivity index (χ4v) is 5.04. The molecule has 1 atom stereocenters. The molecule has 0 bridgehead atoms. The first-order valence-corrected chi connectivity index (χ1v) is 11.6. The second kappa shape index (κ2) is 9.07. The summed E-state index contributed by atoms with van der Waals surface area (Å²) in [7, 11) is -3.24. The standard InChI is InChI=1S/C19H27N3O5S.ClH/c1-28(24,25)22-6-2-3-16(13-22)19(23)21-9-7-20(8-10-21)12-15-4-5-17-18(11-15)27-14-26-17;/h4-5,11,16H,2-3,6-10,12-14H2,1H3;1H. The van der Waals surface area contributed by atoms with E-state index < -0.39 is 10.0 Å². The van der Waals surface area contributed by atoms with E-state index in [0.29, 0.717) is 26.2 Å². The van der Waals surface area contributed by atoms with E-state index in [1.807, 2.05) is 23.1 Å². The number of hydrogen-bond donors (Lipinski definition) is 0. The summed E-state index contributed by atoms with van der Waals surface area (Å²) in [6.07, 6.45) is 2.73. The number of hydrogen-bond acceptors (Lipinski definition) is 6. The van der Waals surface area contributed by atoms with E-state index in [2.05, 4.69) is 4.90 Å². The van der Waals surface area contributed by atoms with Crippen LogP contribution >= 0.6 is 12.4 Å². The zero-order valence-electron chi connectivity index (χ0n) is 16.6. The van der Waals surface area contributed by atoms with Crippen LogP contribution in [0.4, 0.5) is 0 Å². The van der Waals surface area contributed by atoms with E-state index in [0.717, 1.165) is 44.0 Å². The second-order valence-electron chi connectivity index (χ2n) is 7.75. The van der Waals surface area contributed by atoms with Crippen LogP contribution in [0.3, 0.4) is 0 Å². The average molecular weight is 446 g/mol. The van der Waals surface area contributed by atoms with Crippen LogP contribution < -0.4 is 9.47 Å². The molecule has 1 aromatic carbocycles. The van der Waals surface area contributed by atoms with Crippen LogP contribution in [-0.4, -0.2) is 80.7 Å². The van der Waals surface area contributed by atoms with Crippen molar-refractivity contribution in [2.45, 2.75) is 19.4 Å². The first kappa shape index (κ1) is 22.1. The van der Waals surface area contributed by atoms with Gasteiger partial charge in [0, 0.05) is 45.8 Å². The monoisotopic (exact) mass is 445 g/mol. The normalized spacial score (nSPS) is 22.9. The summed E-state index contributed by atoms with van der Waals surface area (Å²) >= 11 is 0. The molecule has 2 fully saturated rings.